The van der Waals surface area contributed by atoms with Gasteiger partial charge in [-0.05, 0) is 36.8 Å². The maximum Gasteiger partial charge on any atom is 0.284 e. The first-order chi connectivity index (χ1) is 12.6. The van der Waals surface area contributed by atoms with Crippen LogP contribution in [0.1, 0.15) is 16.1 Å². The summed E-state index contributed by atoms with van der Waals surface area (Å²) < 4.78 is 0.999. The van der Waals surface area contributed by atoms with E-state index in [9.17, 15) is 4.79 Å². The summed E-state index contributed by atoms with van der Waals surface area (Å²) in [6.45, 7) is 1.88. The summed E-state index contributed by atoms with van der Waals surface area (Å²) in [6.07, 6.45) is 4.47. The zero-order valence-electron chi connectivity index (χ0n) is 13.8. The first-order valence-electron chi connectivity index (χ1n) is 7.86. The third-order valence-corrected chi connectivity index (χ3v) is 5.37. The Kier molecular flexibility index (Phi) is 4.36. The van der Waals surface area contributed by atoms with E-state index >= 15 is 0 Å². The minimum atomic E-state index is -0.303. The van der Waals surface area contributed by atoms with Gasteiger partial charge in [-0.1, -0.05) is 41.1 Å². The third-order valence-electron chi connectivity index (χ3n) is 3.94. The van der Waals surface area contributed by atoms with Crippen LogP contribution in [0.2, 0.25) is 5.02 Å². The largest absolute Gasteiger partial charge is 0.284 e. The summed E-state index contributed by atoms with van der Waals surface area (Å²) in [6, 6.07) is 13.2. The molecule has 2 aromatic carbocycles. The van der Waals surface area contributed by atoms with Crippen molar-refractivity contribution >= 4 is 49.9 Å². The van der Waals surface area contributed by atoms with Crippen LogP contribution in [-0.2, 0) is 0 Å². The van der Waals surface area contributed by atoms with E-state index in [4.69, 9.17) is 11.6 Å². The highest BCUT2D eigenvalue weighted by Crippen LogP contribution is 2.37. The van der Waals surface area contributed by atoms with Crippen molar-refractivity contribution in [2.45, 2.75) is 6.92 Å². The number of halogens is 1. The smallest absolute Gasteiger partial charge is 0.266 e. The quantitative estimate of drug-likeness (QED) is 0.500. The monoisotopic (exact) mass is 380 g/mol. The fourth-order valence-electron chi connectivity index (χ4n) is 2.62. The lowest BCUT2D eigenvalue weighted by Gasteiger charge is -2.21. The molecule has 2 heterocycles. The minimum absolute atomic E-state index is 0.242. The summed E-state index contributed by atoms with van der Waals surface area (Å²) in [5.74, 6) is -0.303. The fraction of sp³-hybridized carbons (Fsp3) is 0.0526. The van der Waals surface area contributed by atoms with E-state index in [2.05, 4.69) is 15.0 Å². The second-order valence-corrected chi connectivity index (χ2v) is 7.00. The lowest BCUT2D eigenvalue weighted by molar-refractivity contribution is 0.0994. The molecule has 4 rings (SSSR count). The van der Waals surface area contributed by atoms with Gasteiger partial charge in [-0.3, -0.25) is 14.7 Å². The van der Waals surface area contributed by atoms with Crippen LogP contribution in [0.25, 0.3) is 10.2 Å². The zero-order valence-corrected chi connectivity index (χ0v) is 15.3. The number of carbonyl (C=O) groups excluding carboxylic acids is 1. The molecule has 0 N–H and O–H groups in total. The molecular weight excluding hydrogens is 368 g/mol. The number of rotatable bonds is 3. The number of benzene rings is 2. The van der Waals surface area contributed by atoms with Gasteiger partial charge in [0.15, 0.2) is 5.13 Å². The predicted molar refractivity (Wildman–Crippen MR) is 104 cm³/mol. The Balaban J connectivity index is 1.91. The SMILES string of the molecule is Cc1c(Cl)cccc1N(C(=O)c1cnccn1)c1nc2ccccc2s1. The zero-order chi connectivity index (χ0) is 18.1. The predicted octanol–water partition coefficient (Wildman–Crippen LogP) is 5.03. The molecule has 5 nitrogen and oxygen atoms in total. The van der Waals surface area contributed by atoms with Crippen LogP contribution in [0.15, 0.2) is 61.1 Å². The van der Waals surface area contributed by atoms with E-state index in [1.807, 2.05) is 43.3 Å². The molecule has 0 spiro atoms. The van der Waals surface area contributed by atoms with Gasteiger partial charge in [-0.15, -0.1) is 0 Å². The number of carbonyl (C=O) groups is 1. The second kappa shape index (κ2) is 6.82. The number of nitrogens with zero attached hydrogens (tertiary/aromatic N) is 4. The molecule has 26 heavy (non-hydrogen) atoms. The number of amides is 1. The second-order valence-electron chi connectivity index (χ2n) is 5.58. The average Bonchev–Trinajstić information content (AvgIpc) is 3.09. The molecule has 0 unspecified atom stereocenters. The first-order valence-corrected chi connectivity index (χ1v) is 9.06. The van der Waals surface area contributed by atoms with Crippen LogP contribution in [0, 0.1) is 6.92 Å². The number of anilines is 2. The lowest BCUT2D eigenvalue weighted by Crippen LogP contribution is -2.27. The van der Waals surface area contributed by atoms with Crippen molar-refractivity contribution in [3.63, 3.8) is 0 Å². The van der Waals surface area contributed by atoms with Gasteiger partial charge in [-0.2, -0.15) is 0 Å². The Morgan fingerprint density at radius 2 is 1.96 bits per heavy atom. The van der Waals surface area contributed by atoms with Crippen molar-refractivity contribution in [1.29, 1.82) is 0 Å². The third kappa shape index (κ3) is 2.94. The number of aromatic nitrogens is 3. The van der Waals surface area contributed by atoms with Crippen molar-refractivity contribution in [3.8, 4) is 0 Å². The summed E-state index contributed by atoms with van der Waals surface area (Å²) in [5.41, 5.74) is 2.55. The molecule has 0 aliphatic heterocycles. The van der Waals surface area contributed by atoms with Gasteiger partial charge < -0.3 is 0 Å². The molecule has 4 aromatic rings. The van der Waals surface area contributed by atoms with E-state index in [0.717, 1.165) is 15.8 Å². The topological polar surface area (TPSA) is 59.0 Å². The van der Waals surface area contributed by atoms with Crippen molar-refractivity contribution in [3.05, 3.63) is 77.3 Å². The first kappa shape index (κ1) is 16.6. The van der Waals surface area contributed by atoms with E-state index in [0.29, 0.717) is 15.8 Å². The fourth-order valence-corrected chi connectivity index (χ4v) is 3.77. The summed E-state index contributed by atoms with van der Waals surface area (Å²) >= 11 is 7.73. The molecular formula is C19H13ClN4OS. The highest BCUT2D eigenvalue weighted by atomic mass is 35.5. The van der Waals surface area contributed by atoms with Crippen LogP contribution in [0.5, 0.6) is 0 Å². The van der Waals surface area contributed by atoms with Crippen LogP contribution < -0.4 is 4.90 Å². The molecule has 0 aliphatic carbocycles. The average molecular weight is 381 g/mol. The standard InChI is InChI=1S/C19H13ClN4OS/c1-12-13(20)5-4-7-16(12)24(18(25)15-11-21-9-10-22-15)19-23-14-6-2-3-8-17(14)26-19/h2-11H,1H3. The molecule has 2 aromatic heterocycles. The molecule has 128 valence electrons. The van der Waals surface area contributed by atoms with Crippen molar-refractivity contribution in [2.75, 3.05) is 4.90 Å². The molecule has 0 atom stereocenters. The highest BCUT2D eigenvalue weighted by molar-refractivity contribution is 7.22. The molecule has 0 fully saturated rings. The number of hydrogen-bond donors (Lipinski definition) is 0. The van der Waals surface area contributed by atoms with Crippen LogP contribution in [0.3, 0.4) is 0 Å². The van der Waals surface area contributed by atoms with E-state index in [-0.39, 0.29) is 11.6 Å². The van der Waals surface area contributed by atoms with E-state index < -0.39 is 0 Å². The van der Waals surface area contributed by atoms with Gasteiger partial charge in [0.2, 0.25) is 0 Å². The van der Waals surface area contributed by atoms with Crippen molar-refractivity contribution in [1.82, 2.24) is 15.0 Å². The lowest BCUT2D eigenvalue weighted by atomic mass is 10.1. The highest BCUT2D eigenvalue weighted by Gasteiger charge is 2.26. The van der Waals surface area contributed by atoms with Crippen molar-refractivity contribution < 1.29 is 4.79 Å². The normalized spacial score (nSPS) is 10.8. The maximum absolute atomic E-state index is 13.2. The molecule has 1 amide bonds. The number of thiazole rings is 1. The van der Waals surface area contributed by atoms with Crippen LogP contribution in [-0.4, -0.2) is 20.9 Å². The number of para-hydroxylation sites is 1. The molecule has 0 radical (unpaired) electrons. The Bertz CT molecular complexity index is 1060. The van der Waals surface area contributed by atoms with Gasteiger partial charge in [0.05, 0.1) is 22.1 Å². The molecule has 0 bridgehead atoms. The summed E-state index contributed by atoms with van der Waals surface area (Å²) in [7, 11) is 0. The maximum atomic E-state index is 13.2. The summed E-state index contributed by atoms with van der Waals surface area (Å²) in [5, 5.41) is 1.15. The Labute approximate surface area is 158 Å². The van der Waals surface area contributed by atoms with E-state index in [1.165, 1.54) is 29.9 Å². The van der Waals surface area contributed by atoms with Crippen LogP contribution >= 0.6 is 22.9 Å². The molecule has 0 saturated carbocycles. The van der Waals surface area contributed by atoms with Crippen molar-refractivity contribution in [2.24, 2.45) is 0 Å². The molecule has 0 aliphatic rings. The number of hydrogen-bond acceptors (Lipinski definition) is 5. The Hall–Kier alpha value is -2.83. The molecule has 7 heteroatoms. The van der Waals surface area contributed by atoms with Gasteiger partial charge in [-0.25, -0.2) is 9.97 Å². The Morgan fingerprint density at radius 1 is 1.12 bits per heavy atom. The van der Waals surface area contributed by atoms with Gasteiger partial charge >= 0.3 is 0 Å². The van der Waals surface area contributed by atoms with E-state index in [1.54, 1.807) is 11.0 Å². The summed E-state index contributed by atoms with van der Waals surface area (Å²) in [4.78, 5) is 27.6. The molecule has 0 saturated heterocycles. The van der Waals surface area contributed by atoms with Crippen LogP contribution in [0.4, 0.5) is 10.8 Å². The van der Waals surface area contributed by atoms with Gasteiger partial charge in [0, 0.05) is 17.4 Å². The van der Waals surface area contributed by atoms with Gasteiger partial charge in [0.1, 0.15) is 5.69 Å². The minimum Gasteiger partial charge on any atom is -0.266 e. The Morgan fingerprint density at radius 3 is 2.73 bits per heavy atom. The number of fused-ring (bicyclic) bond motifs is 1. The van der Waals surface area contributed by atoms with Gasteiger partial charge in [0.25, 0.3) is 5.91 Å².